The molecule has 1 fully saturated rings. The number of halogens is 1. The lowest BCUT2D eigenvalue weighted by molar-refractivity contribution is -0.132. The lowest BCUT2D eigenvalue weighted by Crippen LogP contribution is -2.50. The van der Waals surface area contributed by atoms with Gasteiger partial charge in [-0.2, -0.15) is 4.31 Å². The van der Waals surface area contributed by atoms with Crippen molar-refractivity contribution in [2.75, 3.05) is 26.7 Å². The first-order valence-electron chi connectivity index (χ1n) is 6.00. The average Bonchev–Trinajstić information content (AvgIpc) is 2.41. The number of carbonyl (C=O) groups is 2. The molecule has 0 atom stereocenters. The zero-order valence-electron chi connectivity index (χ0n) is 11.1. The largest absolute Gasteiger partial charge is 0.478 e. The van der Waals surface area contributed by atoms with E-state index in [1.54, 1.807) is 7.05 Å². The lowest BCUT2D eigenvalue weighted by Gasteiger charge is -2.31. The molecule has 1 heterocycles. The molecule has 0 bridgehead atoms. The Labute approximate surface area is 126 Å². The molecule has 114 valence electrons. The summed E-state index contributed by atoms with van der Waals surface area (Å²) in [4.78, 5) is 23.9. The first kappa shape index (κ1) is 15.7. The third-order valence-corrected chi connectivity index (χ3v) is 5.40. The van der Waals surface area contributed by atoms with Crippen molar-refractivity contribution in [3.05, 3.63) is 28.8 Å². The van der Waals surface area contributed by atoms with Crippen molar-refractivity contribution in [3.63, 3.8) is 0 Å². The van der Waals surface area contributed by atoms with Crippen LogP contribution in [0.1, 0.15) is 10.4 Å². The van der Waals surface area contributed by atoms with Gasteiger partial charge in [-0.05, 0) is 18.2 Å². The highest BCUT2D eigenvalue weighted by atomic mass is 35.5. The lowest BCUT2D eigenvalue weighted by atomic mass is 10.2. The second kappa shape index (κ2) is 5.63. The zero-order chi connectivity index (χ0) is 15.8. The van der Waals surface area contributed by atoms with Crippen molar-refractivity contribution in [2.45, 2.75) is 4.90 Å². The number of hydrogen-bond acceptors (Lipinski definition) is 4. The Balaban J connectivity index is 2.38. The maximum absolute atomic E-state index is 12.4. The number of carboxylic acid groups (broad SMARTS) is 1. The molecule has 0 aliphatic carbocycles. The summed E-state index contributed by atoms with van der Waals surface area (Å²) in [6, 6.07) is 3.45. The zero-order valence-corrected chi connectivity index (χ0v) is 12.7. The number of piperazine rings is 1. The fourth-order valence-electron chi connectivity index (χ4n) is 1.92. The molecule has 2 rings (SSSR count). The van der Waals surface area contributed by atoms with Crippen LogP contribution in [0.25, 0.3) is 0 Å². The fourth-order valence-corrected chi connectivity index (χ4v) is 3.53. The van der Waals surface area contributed by atoms with Crippen LogP contribution in [0.5, 0.6) is 0 Å². The molecule has 21 heavy (non-hydrogen) atoms. The van der Waals surface area contributed by atoms with Crippen molar-refractivity contribution < 1.29 is 23.1 Å². The second-order valence-electron chi connectivity index (χ2n) is 4.60. The number of nitrogens with zero attached hydrogens (tertiary/aromatic N) is 2. The number of rotatable bonds is 3. The van der Waals surface area contributed by atoms with Crippen LogP contribution in [0.3, 0.4) is 0 Å². The van der Waals surface area contributed by atoms with E-state index in [2.05, 4.69) is 0 Å². The molecule has 1 aromatic carbocycles. The number of carboxylic acids is 1. The SMILES string of the molecule is CN1CCN(S(=O)(=O)c2ccc(Cl)c(C(=O)O)c2)CC1=O. The molecule has 1 aromatic rings. The van der Waals surface area contributed by atoms with Crippen molar-refractivity contribution in [3.8, 4) is 0 Å². The number of hydrogen-bond donors (Lipinski definition) is 1. The summed E-state index contributed by atoms with van der Waals surface area (Å²) >= 11 is 5.72. The molecule has 1 aliphatic rings. The summed E-state index contributed by atoms with van der Waals surface area (Å²) in [7, 11) is -2.33. The van der Waals surface area contributed by atoms with Gasteiger partial charge in [0.25, 0.3) is 0 Å². The van der Waals surface area contributed by atoms with Crippen LogP contribution < -0.4 is 0 Å². The summed E-state index contributed by atoms with van der Waals surface area (Å²) in [5.41, 5.74) is -0.293. The predicted molar refractivity (Wildman–Crippen MR) is 74.8 cm³/mol. The van der Waals surface area contributed by atoms with Crippen molar-refractivity contribution in [2.24, 2.45) is 0 Å². The van der Waals surface area contributed by atoms with Gasteiger partial charge in [-0.3, -0.25) is 4.79 Å². The van der Waals surface area contributed by atoms with Crippen molar-refractivity contribution in [1.82, 2.24) is 9.21 Å². The molecular formula is C12H13ClN2O5S. The maximum atomic E-state index is 12.4. The smallest absolute Gasteiger partial charge is 0.337 e. The molecule has 0 aromatic heterocycles. The molecule has 7 nitrogen and oxygen atoms in total. The Morgan fingerprint density at radius 2 is 2.00 bits per heavy atom. The molecule has 1 aliphatic heterocycles. The van der Waals surface area contributed by atoms with Crippen LogP contribution in [0, 0.1) is 0 Å². The fraction of sp³-hybridized carbons (Fsp3) is 0.333. The Morgan fingerprint density at radius 1 is 1.33 bits per heavy atom. The van der Waals surface area contributed by atoms with Crippen LogP contribution in [0.15, 0.2) is 23.1 Å². The third kappa shape index (κ3) is 3.02. The topological polar surface area (TPSA) is 95.0 Å². The number of sulfonamides is 1. The number of amides is 1. The predicted octanol–water partition coefficient (Wildman–Crippen LogP) is 0.501. The van der Waals surface area contributed by atoms with Gasteiger partial charge < -0.3 is 10.0 Å². The minimum absolute atomic E-state index is 0.0455. The van der Waals surface area contributed by atoms with Crippen LogP contribution in [0.2, 0.25) is 5.02 Å². The Hall–Kier alpha value is -1.64. The third-order valence-electron chi connectivity index (χ3n) is 3.23. The van der Waals surface area contributed by atoms with Gasteiger partial charge in [0, 0.05) is 20.1 Å². The summed E-state index contributed by atoms with van der Waals surface area (Å²) in [6.45, 7) is 0.191. The molecule has 1 amide bonds. The minimum Gasteiger partial charge on any atom is -0.478 e. The molecule has 9 heteroatoms. The highest BCUT2D eigenvalue weighted by Crippen LogP contribution is 2.23. The van der Waals surface area contributed by atoms with Crippen LogP contribution in [-0.2, 0) is 14.8 Å². The summed E-state index contributed by atoms with van der Waals surface area (Å²) in [6.07, 6.45) is 0. The maximum Gasteiger partial charge on any atom is 0.337 e. The number of benzene rings is 1. The normalized spacial score (nSPS) is 17.0. The Kier molecular flexibility index (Phi) is 4.22. The van der Waals surface area contributed by atoms with E-state index in [1.807, 2.05) is 0 Å². The van der Waals surface area contributed by atoms with Crippen molar-refractivity contribution in [1.29, 1.82) is 0 Å². The monoisotopic (exact) mass is 332 g/mol. The summed E-state index contributed by atoms with van der Waals surface area (Å²) in [5, 5.41) is 8.94. The highest BCUT2D eigenvalue weighted by Gasteiger charge is 2.32. The molecule has 0 spiro atoms. The van der Waals surface area contributed by atoms with Crippen LogP contribution in [-0.4, -0.2) is 61.3 Å². The van der Waals surface area contributed by atoms with E-state index >= 15 is 0 Å². The van der Waals surface area contributed by atoms with Gasteiger partial charge in [-0.25, -0.2) is 13.2 Å². The van der Waals surface area contributed by atoms with E-state index in [0.717, 1.165) is 10.4 Å². The van der Waals surface area contributed by atoms with E-state index in [4.69, 9.17) is 16.7 Å². The first-order valence-corrected chi connectivity index (χ1v) is 7.82. The van der Waals surface area contributed by atoms with E-state index in [-0.39, 0.29) is 41.0 Å². The van der Waals surface area contributed by atoms with Gasteiger partial charge in [0.1, 0.15) is 0 Å². The molecule has 0 saturated carbocycles. The number of likely N-dealkylation sites (N-methyl/N-ethyl adjacent to an activating group) is 1. The van der Waals surface area contributed by atoms with E-state index < -0.39 is 16.0 Å². The van der Waals surface area contributed by atoms with Gasteiger partial charge in [0.05, 0.1) is 22.0 Å². The molecule has 0 radical (unpaired) electrons. The van der Waals surface area contributed by atoms with Gasteiger partial charge >= 0.3 is 5.97 Å². The van der Waals surface area contributed by atoms with Gasteiger partial charge in [-0.1, -0.05) is 11.6 Å². The Bertz CT molecular complexity index is 704. The van der Waals surface area contributed by atoms with E-state index in [1.165, 1.54) is 17.0 Å². The molecular weight excluding hydrogens is 320 g/mol. The first-order chi connectivity index (χ1) is 9.73. The van der Waals surface area contributed by atoms with Gasteiger partial charge in [0.2, 0.25) is 15.9 Å². The average molecular weight is 333 g/mol. The molecule has 1 saturated heterocycles. The number of carbonyl (C=O) groups excluding carboxylic acids is 1. The number of aromatic carboxylic acids is 1. The quantitative estimate of drug-likeness (QED) is 0.869. The van der Waals surface area contributed by atoms with Crippen LogP contribution >= 0.6 is 11.6 Å². The standard InChI is InChI=1S/C12H13ClN2O5S/c1-14-4-5-15(7-11(14)16)21(19,20)8-2-3-10(13)9(6-8)12(17)18/h2-3,6H,4-5,7H2,1H3,(H,17,18). The summed E-state index contributed by atoms with van der Waals surface area (Å²) < 4.78 is 25.9. The summed E-state index contributed by atoms with van der Waals surface area (Å²) in [5.74, 6) is -1.62. The van der Waals surface area contributed by atoms with Gasteiger partial charge in [-0.15, -0.1) is 0 Å². The minimum atomic E-state index is -3.93. The van der Waals surface area contributed by atoms with E-state index in [0.29, 0.717) is 0 Å². The van der Waals surface area contributed by atoms with Gasteiger partial charge in [0.15, 0.2) is 0 Å². The molecule has 1 N–H and O–H groups in total. The highest BCUT2D eigenvalue weighted by molar-refractivity contribution is 7.89. The van der Waals surface area contributed by atoms with Crippen LogP contribution in [0.4, 0.5) is 0 Å². The van der Waals surface area contributed by atoms with Crippen molar-refractivity contribution >= 4 is 33.5 Å². The molecule has 0 unspecified atom stereocenters. The van der Waals surface area contributed by atoms with E-state index in [9.17, 15) is 18.0 Å². The second-order valence-corrected chi connectivity index (χ2v) is 6.95. The Morgan fingerprint density at radius 3 is 2.57 bits per heavy atom.